The molecule has 0 spiro atoms. The summed E-state index contributed by atoms with van der Waals surface area (Å²) in [6.45, 7) is 17.3. The number of ether oxygens (including phenoxy) is 1. The Labute approximate surface area is 273 Å². The number of nitrogens with zero attached hydrogens (tertiary/aromatic N) is 1. The first kappa shape index (κ1) is 33.0. The number of benzene rings is 1. The second-order valence-electron chi connectivity index (χ2n) is 16.0. The van der Waals surface area contributed by atoms with Crippen molar-refractivity contribution >= 4 is 5.91 Å². The third-order valence-electron chi connectivity index (χ3n) is 13.4. The van der Waals surface area contributed by atoms with Crippen LogP contribution >= 0.6 is 0 Å². The number of nitrogens with one attached hydrogen (secondary N) is 1. The molecule has 0 bridgehead atoms. The summed E-state index contributed by atoms with van der Waals surface area (Å²) in [4.78, 5) is 15.3. The van der Waals surface area contributed by atoms with Gasteiger partial charge in [0.25, 0.3) is 0 Å². The van der Waals surface area contributed by atoms with E-state index in [-0.39, 0.29) is 29.1 Å². The monoisotopic (exact) mass is 616 g/mol. The van der Waals surface area contributed by atoms with Gasteiger partial charge in [-0.05, 0) is 99.4 Å². The summed E-state index contributed by atoms with van der Waals surface area (Å²) in [5, 5.41) is 13.6. The Morgan fingerprint density at radius 1 is 1.16 bits per heavy atom. The molecule has 2 saturated heterocycles. The Bertz CT molecular complexity index is 1270. The molecule has 1 amide bonds. The van der Waals surface area contributed by atoms with Crippen LogP contribution in [0.4, 0.5) is 0 Å². The second-order valence-corrected chi connectivity index (χ2v) is 16.0. The van der Waals surface area contributed by atoms with E-state index in [2.05, 4.69) is 70.0 Å². The summed E-state index contributed by atoms with van der Waals surface area (Å²) in [5.41, 5.74) is 6.16. The summed E-state index contributed by atoms with van der Waals surface area (Å²) >= 11 is 0. The highest BCUT2D eigenvalue weighted by atomic mass is 16.5. The van der Waals surface area contributed by atoms with E-state index in [9.17, 15) is 9.90 Å². The molecule has 45 heavy (non-hydrogen) atoms. The van der Waals surface area contributed by atoms with Gasteiger partial charge in [-0.25, -0.2) is 0 Å². The van der Waals surface area contributed by atoms with Crippen LogP contribution in [0.1, 0.15) is 105 Å². The van der Waals surface area contributed by atoms with Crippen LogP contribution in [-0.2, 0) is 16.0 Å². The summed E-state index contributed by atoms with van der Waals surface area (Å²) in [7, 11) is 0. The van der Waals surface area contributed by atoms with Crippen LogP contribution in [0.2, 0.25) is 0 Å². The zero-order chi connectivity index (χ0) is 31.9. The molecule has 3 aliphatic carbocycles. The summed E-state index contributed by atoms with van der Waals surface area (Å²) in [5.74, 6) is 3.27. The van der Waals surface area contributed by atoms with Crippen molar-refractivity contribution < 1.29 is 14.6 Å². The topological polar surface area (TPSA) is 61.8 Å². The fraction of sp³-hybridized carbons (Fsp3) is 0.725. The number of aryl methyl sites for hydroxylation is 1. The largest absolute Gasteiger partial charge is 0.389 e. The molecule has 1 aromatic carbocycles. The van der Waals surface area contributed by atoms with Crippen molar-refractivity contribution in [3.05, 3.63) is 58.7 Å². The van der Waals surface area contributed by atoms with E-state index < -0.39 is 0 Å². The minimum atomic E-state index is -0.243. The molecule has 0 radical (unpaired) electrons. The highest BCUT2D eigenvalue weighted by Gasteiger charge is 2.56. The number of piperidine rings is 1. The summed E-state index contributed by atoms with van der Waals surface area (Å²) < 4.78 is 7.23. The molecule has 0 unspecified atom stereocenters. The lowest BCUT2D eigenvalue weighted by atomic mass is 9.56. The zero-order valence-corrected chi connectivity index (χ0v) is 29.0. The average molecular weight is 617 g/mol. The zero-order valence-electron chi connectivity index (χ0n) is 29.0. The van der Waals surface area contributed by atoms with Gasteiger partial charge in [0.15, 0.2) is 0 Å². The number of aliphatic hydroxyl groups is 1. The van der Waals surface area contributed by atoms with Crippen LogP contribution < -0.4 is 5.32 Å². The van der Waals surface area contributed by atoms with Gasteiger partial charge >= 0.3 is 0 Å². The van der Waals surface area contributed by atoms with Crippen molar-refractivity contribution in [3.63, 3.8) is 0 Å². The lowest BCUT2D eigenvalue weighted by Gasteiger charge is -2.48. The van der Waals surface area contributed by atoms with Gasteiger partial charge in [0.2, 0.25) is 5.91 Å². The molecule has 6 rings (SSSR count). The molecule has 5 aliphatic rings. The van der Waals surface area contributed by atoms with Gasteiger partial charge < -0.3 is 15.2 Å². The van der Waals surface area contributed by atoms with E-state index in [0.717, 1.165) is 64.0 Å². The Kier molecular flexibility index (Phi) is 9.73. The summed E-state index contributed by atoms with van der Waals surface area (Å²) in [6, 6.07) is 10.7. The SMILES string of the molecule is CC[C@@]1(C/C(C)=C2/C[C@H]3[C@@H](CCC4=C[C@@H](O)CC[C@@]43C)[C@@H]2C)O[C@@H]2C[C@H](C)CN(CCNC(=O)CCc3ccccc3)[C@H]2[C@H]1C. The average Bonchev–Trinajstić information content (AvgIpc) is 3.51. The van der Waals surface area contributed by atoms with E-state index in [0.29, 0.717) is 42.7 Å². The molecule has 2 aliphatic heterocycles. The van der Waals surface area contributed by atoms with Crippen molar-refractivity contribution in [2.24, 2.45) is 35.0 Å². The Morgan fingerprint density at radius 2 is 1.93 bits per heavy atom. The number of rotatable bonds is 9. The highest BCUT2D eigenvalue weighted by molar-refractivity contribution is 5.76. The maximum Gasteiger partial charge on any atom is 0.220 e. The first-order chi connectivity index (χ1) is 21.5. The molecule has 2 saturated carbocycles. The molecule has 248 valence electrons. The third kappa shape index (κ3) is 6.35. The maximum atomic E-state index is 12.7. The van der Waals surface area contributed by atoms with Crippen molar-refractivity contribution in [1.29, 1.82) is 0 Å². The minimum absolute atomic E-state index is 0.134. The predicted molar refractivity (Wildman–Crippen MR) is 183 cm³/mol. The third-order valence-corrected chi connectivity index (χ3v) is 13.4. The fourth-order valence-electron chi connectivity index (χ4n) is 10.8. The van der Waals surface area contributed by atoms with Gasteiger partial charge in [-0.15, -0.1) is 0 Å². The van der Waals surface area contributed by atoms with E-state index >= 15 is 0 Å². The summed E-state index contributed by atoms with van der Waals surface area (Å²) in [6.07, 6.45) is 12.4. The van der Waals surface area contributed by atoms with Crippen molar-refractivity contribution in [2.75, 3.05) is 19.6 Å². The first-order valence-corrected chi connectivity index (χ1v) is 18.3. The first-order valence-electron chi connectivity index (χ1n) is 18.3. The van der Waals surface area contributed by atoms with E-state index in [4.69, 9.17) is 4.74 Å². The molecule has 1 aromatic rings. The van der Waals surface area contributed by atoms with Crippen LogP contribution in [0.25, 0.3) is 0 Å². The Balaban J connectivity index is 1.12. The number of carbonyl (C=O) groups excluding carboxylic acids is 1. The molecule has 5 heteroatoms. The van der Waals surface area contributed by atoms with Gasteiger partial charge in [-0.2, -0.15) is 0 Å². The van der Waals surface area contributed by atoms with Crippen LogP contribution in [0.15, 0.2) is 53.1 Å². The standard InChI is InChI=1S/C40H60N2O3/c1-7-40(24-27(3)34-23-35-33(28(34)4)15-14-31-22-32(43)17-18-39(31,35)6)29(5)38-36(45-40)21-26(2)25-42(38)20-19-41-37(44)16-13-30-11-9-8-10-12-30/h8-12,22,26,28-29,32-33,35-36,38,43H,7,13-21,23-25H2,1-6H3,(H,41,44)/b34-27-/t26-,28-,29+,32-,33-,35-,36+,38-,39-,40-/m0/s1. The minimum Gasteiger partial charge on any atom is -0.389 e. The van der Waals surface area contributed by atoms with E-state index in [1.807, 2.05) is 18.2 Å². The van der Waals surface area contributed by atoms with Crippen LogP contribution in [0, 0.1) is 35.0 Å². The normalized spacial score (nSPS) is 40.7. The number of likely N-dealkylation sites (tertiary alicyclic amines) is 1. The van der Waals surface area contributed by atoms with E-state index in [1.165, 1.54) is 24.0 Å². The molecule has 4 fully saturated rings. The fourth-order valence-corrected chi connectivity index (χ4v) is 10.8. The number of hydrogen-bond acceptors (Lipinski definition) is 4. The molecular formula is C40H60N2O3. The molecule has 0 aromatic heterocycles. The van der Waals surface area contributed by atoms with Gasteiger partial charge in [-0.1, -0.05) is 87.7 Å². The smallest absolute Gasteiger partial charge is 0.220 e. The van der Waals surface area contributed by atoms with E-state index in [1.54, 1.807) is 11.1 Å². The van der Waals surface area contributed by atoms with Crippen LogP contribution in [0.5, 0.6) is 0 Å². The van der Waals surface area contributed by atoms with Gasteiger partial charge in [-0.3, -0.25) is 9.69 Å². The Morgan fingerprint density at radius 3 is 2.69 bits per heavy atom. The molecule has 5 nitrogen and oxygen atoms in total. The lowest BCUT2D eigenvalue weighted by Crippen LogP contribution is -2.53. The van der Waals surface area contributed by atoms with Gasteiger partial charge in [0.05, 0.1) is 17.8 Å². The van der Waals surface area contributed by atoms with Gasteiger partial charge in [0, 0.05) is 38.0 Å². The number of allylic oxidation sites excluding steroid dienone is 2. The molecule has 10 atom stereocenters. The number of fused-ring (bicyclic) bond motifs is 4. The highest BCUT2D eigenvalue weighted by Crippen LogP contribution is 2.62. The lowest BCUT2D eigenvalue weighted by molar-refractivity contribution is -0.121. The van der Waals surface area contributed by atoms with Crippen molar-refractivity contribution in [1.82, 2.24) is 10.2 Å². The van der Waals surface area contributed by atoms with Crippen molar-refractivity contribution in [3.8, 4) is 0 Å². The molecular weight excluding hydrogens is 556 g/mol. The number of hydrogen-bond donors (Lipinski definition) is 2. The Hall–Kier alpha value is -1.95. The quantitative estimate of drug-likeness (QED) is 0.282. The van der Waals surface area contributed by atoms with Gasteiger partial charge in [0.1, 0.15) is 0 Å². The second kappa shape index (κ2) is 13.3. The number of amides is 1. The van der Waals surface area contributed by atoms with Crippen LogP contribution in [-0.4, -0.2) is 59.4 Å². The number of carbonyl (C=O) groups is 1. The predicted octanol–water partition coefficient (Wildman–Crippen LogP) is 7.49. The molecule has 2 N–H and O–H groups in total. The van der Waals surface area contributed by atoms with Crippen LogP contribution in [0.3, 0.4) is 0 Å². The number of aliphatic hydroxyl groups excluding tert-OH is 1. The van der Waals surface area contributed by atoms with Crippen molar-refractivity contribution in [2.45, 2.75) is 130 Å². The molecule has 2 heterocycles. The maximum absolute atomic E-state index is 12.7.